The van der Waals surface area contributed by atoms with E-state index >= 15 is 0 Å². The van der Waals surface area contributed by atoms with Gasteiger partial charge in [-0.05, 0) is 18.6 Å². The van der Waals surface area contributed by atoms with Crippen molar-refractivity contribution < 1.29 is 19.5 Å². The number of amides is 3. The van der Waals surface area contributed by atoms with Crippen LogP contribution in [-0.2, 0) is 9.59 Å². The molecular weight excluding hydrogens is 270 g/mol. The molecule has 0 radical (unpaired) electrons. The van der Waals surface area contributed by atoms with E-state index in [1.54, 1.807) is 18.8 Å². The summed E-state index contributed by atoms with van der Waals surface area (Å²) in [5.74, 6) is 0.125. The molecule has 2 atom stereocenters. The van der Waals surface area contributed by atoms with Crippen molar-refractivity contribution >= 4 is 29.7 Å². The van der Waals surface area contributed by atoms with Crippen molar-refractivity contribution in [3.05, 3.63) is 0 Å². The molecular formula is C11H19N3O4S. The summed E-state index contributed by atoms with van der Waals surface area (Å²) in [6, 6.07) is -1.38. The van der Waals surface area contributed by atoms with Crippen LogP contribution in [0, 0.1) is 0 Å². The minimum absolute atomic E-state index is 0.00363. The van der Waals surface area contributed by atoms with E-state index in [2.05, 4.69) is 5.32 Å². The van der Waals surface area contributed by atoms with Gasteiger partial charge in [-0.3, -0.25) is 4.79 Å². The van der Waals surface area contributed by atoms with E-state index in [0.29, 0.717) is 0 Å². The zero-order chi connectivity index (χ0) is 14.4. The average Bonchev–Trinajstić information content (AvgIpc) is 2.86. The Morgan fingerprint density at radius 2 is 2.21 bits per heavy atom. The fourth-order valence-electron chi connectivity index (χ4n) is 1.79. The van der Waals surface area contributed by atoms with Crippen LogP contribution in [0.2, 0.25) is 0 Å². The third-order valence-electron chi connectivity index (χ3n) is 3.05. The molecule has 8 heteroatoms. The topological polar surface area (TPSA) is 113 Å². The van der Waals surface area contributed by atoms with E-state index in [-0.39, 0.29) is 18.9 Å². The summed E-state index contributed by atoms with van der Waals surface area (Å²) in [7, 11) is 1.65. The van der Waals surface area contributed by atoms with Crippen molar-refractivity contribution in [1.29, 1.82) is 0 Å². The number of hydrogen-bond acceptors (Lipinski definition) is 4. The number of rotatable bonds is 6. The first-order valence-corrected chi connectivity index (χ1v) is 7.19. The van der Waals surface area contributed by atoms with Crippen molar-refractivity contribution in [3.8, 4) is 0 Å². The molecule has 4 N–H and O–H groups in total. The minimum atomic E-state index is -1.16. The molecule has 19 heavy (non-hydrogen) atoms. The number of carbonyl (C=O) groups is 3. The normalized spacial score (nSPS) is 19.7. The zero-order valence-electron chi connectivity index (χ0n) is 10.8. The maximum Gasteiger partial charge on any atom is 0.326 e. The van der Waals surface area contributed by atoms with Crippen LogP contribution in [0.4, 0.5) is 4.79 Å². The number of thioether (sulfide) groups is 1. The lowest BCUT2D eigenvalue weighted by molar-refractivity contribution is -0.139. The molecule has 0 saturated carbocycles. The first-order chi connectivity index (χ1) is 8.91. The van der Waals surface area contributed by atoms with Crippen LogP contribution < -0.4 is 11.1 Å². The Labute approximate surface area is 115 Å². The number of aliphatic carboxylic acids is 1. The number of urea groups is 1. The zero-order valence-corrected chi connectivity index (χ0v) is 11.6. The summed E-state index contributed by atoms with van der Waals surface area (Å²) in [4.78, 5) is 35.1. The molecule has 1 saturated heterocycles. The molecule has 108 valence electrons. The molecule has 0 aromatic heterocycles. The Morgan fingerprint density at radius 3 is 2.68 bits per heavy atom. The summed E-state index contributed by atoms with van der Waals surface area (Å²) in [5.41, 5.74) is 4.97. The smallest absolute Gasteiger partial charge is 0.326 e. The van der Waals surface area contributed by atoms with E-state index in [0.717, 1.165) is 17.9 Å². The molecule has 0 aromatic carbocycles. The second kappa shape index (κ2) is 7.22. The van der Waals surface area contributed by atoms with Crippen LogP contribution in [0.25, 0.3) is 0 Å². The van der Waals surface area contributed by atoms with Crippen LogP contribution >= 0.6 is 11.8 Å². The van der Waals surface area contributed by atoms with Gasteiger partial charge in [-0.1, -0.05) is 0 Å². The quantitative estimate of drug-likeness (QED) is 0.629. The van der Waals surface area contributed by atoms with Gasteiger partial charge in [-0.15, -0.1) is 0 Å². The van der Waals surface area contributed by atoms with E-state index < -0.39 is 23.9 Å². The predicted molar refractivity (Wildman–Crippen MR) is 71.9 cm³/mol. The fourth-order valence-corrected chi connectivity index (χ4v) is 3.06. The van der Waals surface area contributed by atoms with Gasteiger partial charge in [0.2, 0.25) is 5.91 Å². The number of nitrogens with two attached hydrogens (primary N) is 1. The van der Waals surface area contributed by atoms with Gasteiger partial charge in [0.05, 0.1) is 0 Å². The van der Waals surface area contributed by atoms with Gasteiger partial charge in [-0.2, -0.15) is 11.8 Å². The van der Waals surface area contributed by atoms with E-state index in [1.165, 1.54) is 4.90 Å². The SMILES string of the molecule is CN(C(=O)N[C@@H](CCC(N)=O)C(=O)O)C1CCSC1. The van der Waals surface area contributed by atoms with Crippen LogP contribution in [0.3, 0.4) is 0 Å². The van der Waals surface area contributed by atoms with Gasteiger partial charge in [0.15, 0.2) is 0 Å². The summed E-state index contributed by atoms with van der Waals surface area (Å²) >= 11 is 1.77. The van der Waals surface area contributed by atoms with Gasteiger partial charge in [0, 0.05) is 25.3 Å². The van der Waals surface area contributed by atoms with Crippen LogP contribution in [0.5, 0.6) is 0 Å². The number of nitrogens with zero attached hydrogens (tertiary/aromatic N) is 1. The Morgan fingerprint density at radius 1 is 1.53 bits per heavy atom. The van der Waals surface area contributed by atoms with Crippen molar-refractivity contribution in [2.75, 3.05) is 18.6 Å². The molecule has 3 amide bonds. The van der Waals surface area contributed by atoms with Crippen LogP contribution in [0.1, 0.15) is 19.3 Å². The van der Waals surface area contributed by atoms with Crippen molar-refractivity contribution in [1.82, 2.24) is 10.2 Å². The molecule has 1 aliphatic heterocycles. The Balaban J connectivity index is 2.50. The number of primary amides is 1. The lowest BCUT2D eigenvalue weighted by Gasteiger charge is -2.26. The number of carboxylic acid groups (broad SMARTS) is 1. The molecule has 1 rings (SSSR count). The number of carbonyl (C=O) groups excluding carboxylic acids is 2. The highest BCUT2D eigenvalue weighted by Crippen LogP contribution is 2.21. The second-order valence-corrected chi connectivity index (χ2v) is 5.62. The highest BCUT2D eigenvalue weighted by molar-refractivity contribution is 7.99. The predicted octanol–water partition coefficient (Wildman–Crippen LogP) is -0.148. The van der Waals surface area contributed by atoms with Gasteiger partial charge in [0.25, 0.3) is 0 Å². The summed E-state index contributed by atoms with van der Waals surface area (Å²) in [6.45, 7) is 0. The van der Waals surface area contributed by atoms with Crippen LogP contribution in [-0.4, -0.2) is 58.6 Å². The van der Waals surface area contributed by atoms with Gasteiger partial charge >= 0.3 is 12.0 Å². The molecule has 1 heterocycles. The Hall–Kier alpha value is -1.44. The van der Waals surface area contributed by atoms with E-state index in [9.17, 15) is 14.4 Å². The maximum absolute atomic E-state index is 11.9. The summed E-state index contributed by atoms with van der Waals surface area (Å²) < 4.78 is 0. The van der Waals surface area contributed by atoms with Gasteiger partial charge < -0.3 is 21.1 Å². The molecule has 0 aliphatic carbocycles. The summed E-state index contributed by atoms with van der Waals surface area (Å²) in [5, 5.41) is 11.4. The lowest BCUT2D eigenvalue weighted by Crippen LogP contribution is -2.50. The average molecular weight is 289 g/mol. The van der Waals surface area contributed by atoms with E-state index in [4.69, 9.17) is 10.8 Å². The first kappa shape index (κ1) is 15.6. The standard InChI is InChI=1S/C11H19N3O4S/c1-14(7-4-5-19-6-7)11(18)13-8(10(16)17)2-3-9(12)15/h7-8H,2-6H2,1H3,(H2,12,15)(H,13,18)(H,16,17)/t7?,8-/m0/s1. The minimum Gasteiger partial charge on any atom is -0.480 e. The summed E-state index contributed by atoms with van der Waals surface area (Å²) in [6.07, 6.45) is 0.845. The third kappa shape index (κ3) is 4.98. The molecule has 0 aromatic rings. The molecule has 7 nitrogen and oxygen atoms in total. The molecule has 1 fully saturated rings. The van der Waals surface area contributed by atoms with Crippen molar-refractivity contribution in [3.63, 3.8) is 0 Å². The van der Waals surface area contributed by atoms with E-state index in [1.807, 2.05) is 0 Å². The second-order valence-electron chi connectivity index (χ2n) is 4.47. The van der Waals surface area contributed by atoms with Gasteiger partial charge in [-0.25, -0.2) is 9.59 Å². The number of nitrogens with one attached hydrogen (secondary N) is 1. The number of carboxylic acids is 1. The Kier molecular flexibility index (Phi) is 5.94. The Bertz CT molecular complexity index is 358. The maximum atomic E-state index is 11.9. The molecule has 1 unspecified atom stereocenters. The fraction of sp³-hybridized carbons (Fsp3) is 0.727. The van der Waals surface area contributed by atoms with Crippen molar-refractivity contribution in [2.24, 2.45) is 5.73 Å². The largest absolute Gasteiger partial charge is 0.480 e. The number of hydrogen-bond donors (Lipinski definition) is 3. The first-order valence-electron chi connectivity index (χ1n) is 6.04. The highest BCUT2D eigenvalue weighted by Gasteiger charge is 2.27. The van der Waals surface area contributed by atoms with Crippen LogP contribution in [0.15, 0.2) is 0 Å². The molecule has 1 aliphatic rings. The molecule has 0 spiro atoms. The lowest BCUT2D eigenvalue weighted by atomic mass is 10.1. The highest BCUT2D eigenvalue weighted by atomic mass is 32.2. The van der Waals surface area contributed by atoms with Crippen molar-refractivity contribution in [2.45, 2.75) is 31.3 Å². The van der Waals surface area contributed by atoms with Gasteiger partial charge in [0.1, 0.15) is 6.04 Å². The molecule has 0 bridgehead atoms. The third-order valence-corrected chi connectivity index (χ3v) is 4.19. The monoisotopic (exact) mass is 289 g/mol.